The van der Waals surface area contributed by atoms with E-state index in [4.69, 9.17) is 4.74 Å². The zero-order valence-corrected chi connectivity index (χ0v) is 14.7. The minimum Gasteiger partial charge on any atom is -0.374 e. The van der Waals surface area contributed by atoms with Gasteiger partial charge in [-0.25, -0.2) is 0 Å². The second kappa shape index (κ2) is 8.09. The third-order valence-corrected chi connectivity index (χ3v) is 4.95. The number of carbonyl (C=O) groups is 1. The van der Waals surface area contributed by atoms with Crippen molar-refractivity contribution < 1.29 is 9.53 Å². The predicted molar refractivity (Wildman–Crippen MR) is 88.9 cm³/mol. The molecule has 0 aromatic carbocycles. The maximum atomic E-state index is 12.6. The molecule has 1 amide bonds. The fourth-order valence-corrected chi connectivity index (χ4v) is 3.54. The molecular formula is C17H30N4O2. The fraction of sp³-hybridized carbons (Fsp3) is 0.882. The van der Waals surface area contributed by atoms with Crippen LogP contribution in [0.4, 0.5) is 0 Å². The molecule has 2 atom stereocenters. The summed E-state index contributed by atoms with van der Waals surface area (Å²) in [6.45, 7) is 4.96. The summed E-state index contributed by atoms with van der Waals surface area (Å²) in [5.41, 5.74) is -0.654. The fourth-order valence-electron chi connectivity index (χ4n) is 3.54. The summed E-state index contributed by atoms with van der Waals surface area (Å²) in [7, 11) is 4.05. The third-order valence-electron chi connectivity index (χ3n) is 4.95. The molecule has 0 aromatic rings. The summed E-state index contributed by atoms with van der Waals surface area (Å²) in [5.74, 6) is -0.0287. The Morgan fingerprint density at radius 1 is 1.43 bits per heavy atom. The van der Waals surface area contributed by atoms with Crippen molar-refractivity contribution in [2.45, 2.75) is 56.7 Å². The quantitative estimate of drug-likeness (QED) is 0.817. The summed E-state index contributed by atoms with van der Waals surface area (Å²) in [6, 6.07) is 2.13. The molecule has 0 unspecified atom stereocenters. The van der Waals surface area contributed by atoms with Crippen molar-refractivity contribution >= 4 is 5.91 Å². The van der Waals surface area contributed by atoms with E-state index in [0.717, 1.165) is 51.7 Å². The van der Waals surface area contributed by atoms with E-state index in [1.807, 2.05) is 21.0 Å². The summed E-state index contributed by atoms with van der Waals surface area (Å²) >= 11 is 0. The molecule has 1 heterocycles. The summed E-state index contributed by atoms with van der Waals surface area (Å²) in [5, 5.41) is 12.6. The number of nitrogens with zero attached hydrogens (tertiary/aromatic N) is 3. The summed E-state index contributed by atoms with van der Waals surface area (Å²) in [4.78, 5) is 16.9. The van der Waals surface area contributed by atoms with Gasteiger partial charge in [0.1, 0.15) is 5.54 Å². The average Bonchev–Trinajstić information content (AvgIpc) is 2.54. The number of ether oxygens (including phenoxy) is 1. The van der Waals surface area contributed by atoms with Gasteiger partial charge in [-0.3, -0.25) is 9.69 Å². The van der Waals surface area contributed by atoms with Crippen LogP contribution in [0.15, 0.2) is 0 Å². The maximum Gasteiger partial charge on any atom is 0.238 e. The summed E-state index contributed by atoms with van der Waals surface area (Å²) in [6.07, 6.45) is 4.87. The molecule has 2 fully saturated rings. The van der Waals surface area contributed by atoms with Crippen LogP contribution >= 0.6 is 0 Å². The molecule has 130 valence electrons. The largest absolute Gasteiger partial charge is 0.374 e. The smallest absolute Gasteiger partial charge is 0.238 e. The Morgan fingerprint density at radius 3 is 2.74 bits per heavy atom. The second-order valence-electron chi connectivity index (χ2n) is 7.17. The first kappa shape index (κ1) is 18.2. The molecule has 1 N–H and O–H groups in total. The minimum absolute atomic E-state index is 0.0287. The Kier molecular flexibility index (Phi) is 6.40. The van der Waals surface area contributed by atoms with Crippen molar-refractivity contribution in [3.05, 3.63) is 0 Å². The van der Waals surface area contributed by atoms with Crippen LogP contribution < -0.4 is 5.32 Å². The number of hydrogen-bond acceptors (Lipinski definition) is 5. The van der Waals surface area contributed by atoms with E-state index in [1.54, 1.807) is 0 Å². The molecule has 0 radical (unpaired) electrons. The van der Waals surface area contributed by atoms with Gasteiger partial charge in [0, 0.05) is 19.6 Å². The minimum atomic E-state index is -0.654. The SMILES string of the molecule is C[C@H](C(=O)NC1(C#N)CCCCC1)N1CCO[C@H](CN(C)C)C1. The number of likely N-dealkylation sites (N-methyl/N-ethyl adjacent to an activating group) is 1. The van der Waals surface area contributed by atoms with Gasteiger partial charge in [0.05, 0.1) is 24.8 Å². The van der Waals surface area contributed by atoms with Gasteiger partial charge in [0.15, 0.2) is 0 Å². The Hall–Kier alpha value is -1.16. The van der Waals surface area contributed by atoms with E-state index in [2.05, 4.69) is 21.2 Å². The highest BCUT2D eigenvalue weighted by Crippen LogP contribution is 2.27. The van der Waals surface area contributed by atoms with Crippen LogP contribution in [0.1, 0.15) is 39.0 Å². The van der Waals surface area contributed by atoms with Gasteiger partial charge in [-0.1, -0.05) is 19.3 Å². The first-order valence-electron chi connectivity index (χ1n) is 8.69. The van der Waals surface area contributed by atoms with Crippen LogP contribution in [0.25, 0.3) is 0 Å². The predicted octanol–water partition coefficient (Wildman–Crippen LogP) is 0.980. The number of rotatable bonds is 5. The van der Waals surface area contributed by atoms with Crippen LogP contribution in [0.3, 0.4) is 0 Å². The number of amides is 1. The first-order valence-corrected chi connectivity index (χ1v) is 8.69. The Bertz CT molecular complexity index is 440. The van der Waals surface area contributed by atoms with Gasteiger partial charge in [-0.15, -0.1) is 0 Å². The molecule has 1 saturated carbocycles. The number of carbonyl (C=O) groups excluding carboxylic acids is 1. The molecule has 1 aliphatic carbocycles. The van der Waals surface area contributed by atoms with Gasteiger partial charge >= 0.3 is 0 Å². The Labute approximate surface area is 139 Å². The molecule has 0 spiro atoms. The van der Waals surface area contributed by atoms with Crippen LogP contribution in [0, 0.1) is 11.3 Å². The zero-order valence-electron chi connectivity index (χ0n) is 14.7. The van der Waals surface area contributed by atoms with E-state index in [0.29, 0.717) is 6.61 Å². The van der Waals surface area contributed by atoms with Crippen molar-refractivity contribution in [2.75, 3.05) is 40.3 Å². The monoisotopic (exact) mass is 322 g/mol. The van der Waals surface area contributed by atoms with Crippen LogP contribution in [0.2, 0.25) is 0 Å². The zero-order chi connectivity index (χ0) is 16.9. The van der Waals surface area contributed by atoms with Gasteiger partial charge in [0.25, 0.3) is 0 Å². The molecule has 1 saturated heterocycles. The molecule has 2 aliphatic rings. The normalized spacial score (nSPS) is 26.5. The molecule has 0 bridgehead atoms. The van der Waals surface area contributed by atoms with E-state index < -0.39 is 5.54 Å². The topological polar surface area (TPSA) is 68.6 Å². The molecule has 0 aromatic heterocycles. The van der Waals surface area contributed by atoms with Gasteiger partial charge in [-0.2, -0.15) is 5.26 Å². The van der Waals surface area contributed by atoms with E-state index >= 15 is 0 Å². The van der Waals surface area contributed by atoms with Crippen LogP contribution in [-0.2, 0) is 9.53 Å². The maximum absolute atomic E-state index is 12.6. The highest BCUT2D eigenvalue weighted by Gasteiger charge is 2.36. The number of nitriles is 1. The van der Waals surface area contributed by atoms with E-state index in [-0.39, 0.29) is 18.1 Å². The lowest BCUT2D eigenvalue weighted by atomic mass is 9.82. The van der Waals surface area contributed by atoms with E-state index in [9.17, 15) is 10.1 Å². The lowest BCUT2D eigenvalue weighted by Crippen LogP contribution is -2.58. The van der Waals surface area contributed by atoms with Crippen LogP contribution in [-0.4, -0.2) is 73.7 Å². The first-order chi connectivity index (χ1) is 11.0. The van der Waals surface area contributed by atoms with Gasteiger partial charge < -0.3 is 15.0 Å². The van der Waals surface area contributed by atoms with Crippen LogP contribution in [0.5, 0.6) is 0 Å². The highest BCUT2D eigenvalue weighted by atomic mass is 16.5. The highest BCUT2D eigenvalue weighted by molar-refractivity contribution is 5.82. The van der Waals surface area contributed by atoms with Crippen molar-refractivity contribution in [1.29, 1.82) is 5.26 Å². The standard InChI is InChI=1S/C17H30N4O2/c1-14(21-9-10-23-15(12-21)11-20(2)3)16(22)19-17(13-18)7-5-4-6-8-17/h14-15H,4-12H2,1-3H3,(H,19,22)/t14-,15-/m1/s1. The molecular weight excluding hydrogens is 292 g/mol. The molecule has 6 heteroatoms. The third kappa shape index (κ3) is 4.90. The second-order valence-corrected chi connectivity index (χ2v) is 7.17. The van der Waals surface area contributed by atoms with Gasteiger partial charge in [0.2, 0.25) is 5.91 Å². The van der Waals surface area contributed by atoms with Gasteiger partial charge in [-0.05, 0) is 33.9 Å². The van der Waals surface area contributed by atoms with E-state index in [1.165, 1.54) is 0 Å². The Morgan fingerprint density at radius 2 is 2.13 bits per heavy atom. The molecule has 2 rings (SSSR count). The number of hydrogen-bond donors (Lipinski definition) is 1. The number of morpholine rings is 1. The lowest BCUT2D eigenvalue weighted by molar-refractivity contribution is -0.131. The van der Waals surface area contributed by atoms with Crippen molar-refractivity contribution in [3.63, 3.8) is 0 Å². The van der Waals surface area contributed by atoms with Crippen molar-refractivity contribution in [1.82, 2.24) is 15.1 Å². The average molecular weight is 322 g/mol. The van der Waals surface area contributed by atoms with Crippen molar-refractivity contribution in [3.8, 4) is 6.07 Å². The molecule has 23 heavy (non-hydrogen) atoms. The Balaban J connectivity index is 1.92. The van der Waals surface area contributed by atoms with Crippen molar-refractivity contribution in [2.24, 2.45) is 0 Å². The molecule has 1 aliphatic heterocycles. The lowest BCUT2D eigenvalue weighted by Gasteiger charge is -2.39. The summed E-state index contributed by atoms with van der Waals surface area (Å²) < 4.78 is 5.77. The molecule has 6 nitrogen and oxygen atoms in total. The number of nitrogens with one attached hydrogen (secondary N) is 1.